The summed E-state index contributed by atoms with van der Waals surface area (Å²) in [7, 11) is 0. The first-order chi connectivity index (χ1) is 14.3. The van der Waals surface area contributed by atoms with Gasteiger partial charge in [0.25, 0.3) is 0 Å². The van der Waals surface area contributed by atoms with Gasteiger partial charge < -0.3 is 9.84 Å². The van der Waals surface area contributed by atoms with Crippen LogP contribution in [0.1, 0.15) is 52.0 Å². The zero-order valence-corrected chi connectivity index (χ0v) is 17.4. The van der Waals surface area contributed by atoms with Gasteiger partial charge in [0.05, 0.1) is 23.5 Å². The average Bonchev–Trinajstić information content (AvgIpc) is 3.11. The van der Waals surface area contributed by atoms with Crippen LogP contribution in [0.5, 0.6) is 5.75 Å². The lowest BCUT2D eigenvalue weighted by Crippen LogP contribution is -2.42. The maximum atomic E-state index is 13.4. The van der Waals surface area contributed by atoms with E-state index >= 15 is 0 Å². The van der Waals surface area contributed by atoms with Crippen LogP contribution in [0.4, 0.5) is 10.6 Å². The standard InChI is InChI=1S/C22H26N4O4/c1-14(2)26(21(27)17-8-4-15(3)5-9-17)20-19(30-22(28)29)13-25(24-20)18-10-6-16(12-23)7-11-18/h6-7,10-11,13-15,17H,4-5,8-9H2,1-3H3,(H,28,29). The smallest absolute Gasteiger partial charge is 0.449 e. The molecule has 0 bridgehead atoms. The molecule has 3 rings (SSSR count). The lowest BCUT2D eigenvalue weighted by molar-refractivity contribution is -0.124. The van der Waals surface area contributed by atoms with Crippen molar-refractivity contribution in [3.63, 3.8) is 0 Å². The van der Waals surface area contributed by atoms with Crippen LogP contribution in [-0.4, -0.2) is 33.0 Å². The Morgan fingerprint density at radius 1 is 1.23 bits per heavy atom. The molecule has 0 saturated heterocycles. The number of amides is 1. The van der Waals surface area contributed by atoms with Crippen LogP contribution >= 0.6 is 0 Å². The second kappa shape index (κ2) is 8.99. The van der Waals surface area contributed by atoms with E-state index in [0.717, 1.165) is 25.7 Å². The number of nitriles is 1. The number of carbonyl (C=O) groups is 2. The van der Waals surface area contributed by atoms with E-state index in [9.17, 15) is 14.7 Å². The molecule has 0 spiro atoms. The molecule has 0 aliphatic heterocycles. The Morgan fingerprint density at radius 2 is 1.87 bits per heavy atom. The highest BCUT2D eigenvalue weighted by Crippen LogP contribution is 2.35. The van der Waals surface area contributed by atoms with Crippen molar-refractivity contribution < 1.29 is 19.4 Å². The average molecular weight is 410 g/mol. The molecule has 30 heavy (non-hydrogen) atoms. The van der Waals surface area contributed by atoms with Crippen molar-refractivity contribution in [1.29, 1.82) is 5.26 Å². The fourth-order valence-electron chi connectivity index (χ4n) is 3.81. The van der Waals surface area contributed by atoms with Crippen molar-refractivity contribution >= 4 is 17.9 Å². The van der Waals surface area contributed by atoms with Crippen LogP contribution in [0.25, 0.3) is 5.69 Å². The predicted molar refractivity (Wildman–Crippen MR) is 111 cm³/mol. The molecule has 1 heterocycles. The maximum Gasteiger partial charge on any atom is 0.511 e. The zero-order valence-electron chi connectivity index (χ0n) is 17.4. The SMILES string of the molecule is CC1CCC(C(=O)N(c2nn(-c3ccc(C#N)cc3)cc2OC(=O)O)C(C)C)CC1. The highest BCUT2D eigenvalue weighted by molar-refractivity contribution is 5.96. The summed E-state index contributed by atoms with van der Waals surface area (Å²) in [6.07, 6.45) is 3.60. The molecule has 1 amide bonds. The van der Waals surface area contributed by atoms with E-state index in [0.29, 0.717) is 17.2 Å². The van der Waals surface area contributed by atoms with Gasteiger partial charge >= 0.3 is 6.16 Å². The molecule has 0 atom stereocenters. The molecule has 158 valence electrons. The van der Waals surface area contributed by atoms with E-state index in [1.807, 2.05) is 13.8 Å². The van der Waals surface area contributed by atoms with Crippen molar-refractivity contribution in [2.75, 3.05) is 4.90 Å². The number of ether oxygens (including phenoxy) is 1. The minimum atomic E-state index is -1.47. The third kappa shape index (κ3) is 4.62. The Labute approximate surface area is 175 Å². The Kier molecular flexibility index (Phi) is 6.40. The second-order valence-electron chi connectivity index (χ2n) is 8.05. The first kappa shape index (κ1) is 21.4. The monoisotopic (exact) mass is 410 g/mol. The number of carbonyl (C=O) groups excluding carboxylic acids is 1. The minimum absolute atomic E-state index is 0.00177. The number of hydrogen-bond acceptors (Lipinski definition) is 5. The van der Waals surface area contributed by atoms with Crippen LogP contribution < -0.4 is 9.64 Å². The number of hydrogen-bond donors (Lipinski definition) is 1. The molecule has 1 fully saturated rings. The molecule has 1 aromatic heterocycles. The summed E-state index contributed by atoms with van der Waals surface area (Å²) in [5.41, 5.74) is 1.12. The van der Waals surface area contributed by atoms with Gasteiger partial charge in [-0.25, -0.2) is 9.48 Å². The van der Waals surface area contributed by atoms with E-state index in [1.54, 1.807) is 29.2 Å². The summed E-state index contributed by atoms with van der Waals surface area (Å²) < 4.78 is 6.42. The van der Waals surface area contributed by atoms with Crippen molar-refractivity contribution in [1.82, 2.24) is 9.78 Å². The summed E-state index contributed by atoms with van der Waals surface area (Å²) in [6.45, 7) is 5.93. The molecule has 0 unspecified atom stereocenters. The second-order valence-corrected chi connectivity index (χ2v) is 8.05. The summed E-state index contributed by atoms with van der Waals surface area (Å²) in [4.78, 5) is 26.1. The Bertz CT molecular complexity index is 951. The lowest BCUT2D eigenvalue weighted by Gasteiger charge is -2.32. The van der Waals surface area contributed by atoms with Gasteiger partial charge in [-0.3, -0.25) is 9.69 Å². The highest BCUT2D eigenvalue weighted by atomic mass is 16.7. The predicted octanol–water partition coefficient (Wildman–Crippen LogP) is 4.37. The fraction of sp³-hybridized carbons (Fsp3) is 0.455. The molecule has 1 N–H and O–H groups in total. The number of nitrogens with zero attached hydrogens (tertiary/aromatic N) is 4. The van der Waals surface area contributed by atoms with E-state index in [4.69, 9.17) is 10.00 Å². The van der Waals surface area contributed by atoms with Crippen molar-refractivity contribution in [3.8, 4) is 17.5 Å². The summed E-state index contributed by atoms with van der Waals surface area (Å²) in [5, 5.41) is 22.6. The zero-order chi connectivity index (χ0) is 21.8. The van der Waals surface area contributed by atoms with E-state index < -0.39 is 6.16 Å². The number of rotatable bonds is 5. The quantitative estimate of drug-likeness (QED) is 0.733. The third-order valence-electron chi connectivity index (χ3n) is 5.47. The third-order valence-corrected chi connectivity index (χ3v) is 5.47. The van der Waals surface area contributed by atoms with Gasteiger partial charge in [-0.05, 0) is 69.7 Å². The van der Waals surface area contributed by atoms with Crippen LogP contribution in [0.2, 0.25) is 0 Å². The minimum Gasteiger partial charge on any atom is -0.449 e. The Balaban J connectivity index is 1.99. The van der Waals surface area contributed by atoms with E-state index in [-0.39, 0.29) is 29.4 Å². The van der Waals surface area contributed by atoms with Crippen molar-refractivity contribution in [3.05, 3.63) is 36.0 Å². The normalized spacial score (nSPS) is 18.6. The molecular formula is C22H26N4O4. The Morgan fingerprint density at radius 3 is 2.40 bits per heavy atom. The molecule has 0 radical (unpaired) electrons. The van der Waals surface area contributed by atoms with Gasteiger partial charge in [-0.15, -0.1) is 5.10 Å². The Hall–Kier alpha value is -3.34. The van der Waals surface area contributed by atoms with Crippen molar-refractivity contribution in [2.45, 2.75) is 52.5 Å². The number of aromatic nitrogens is 2. The molecule has 1 saturated carbocycles. The maximum absolute atomic E-state index is 13.4. The number of carboxylic acid groups (broad SMARTS) is 1. The van der Waals surface area contributed by atoms with Gasteiger partial charge in [-0.2, -0.15) is 5.26 Å². The highest BCUT2D eigenvalue weighted by Gasteiger charge is 2.34. The summed E-state index contributed by atoms with van der Waals surface area (Å²) in [6, 6.07) is 8.51. The van der Waals surface area contributed by atoms with Crippen LogP contribution in [-0.2, 0) is 4.79 Å². The van der Waals surface area contributed by atoms with Gasteiger partial charge in [0.2, 0.25) is 11.7 Å². The van der Waals surface area contributed by atoms with E-state index in [1.165, 1.54) is 10.9 Å². The topological polar surface area (TPSA) is 108 Å². The van der Waals surface area contributed by atoms with Gasteiger partial charge in [0.1, 0.15) is 0 Å². The summed E-state index contributed by atoms with van der Waals surface area (Å²) >= 11 is 0. The number of benzene rings is 1. The van der Waals surface area contributed by atoms with Crippen LogP contribution in [0, 0.1) is 23.2 Å². The van der Waals surface area contributed by atoms with Crippen LogP contribution in [0.15, 0.2) is 30.5 Å². The number of anilines is 1. The van der Waals surface area contributed by atoms with Gasteiger partial charge in [0.15, 0.2) is 5.75 Å². The van der Waals surface area contributed by atoms with Crippen LogP contribution in [0.3, 0.4) is 0 Å². The van der Waals surface area contributed by atoms with E-state index in [2.05, 4.69) is 18.1 Å². The van der Waals surface area contributed by atoms with Gasteiger partial charge in [0, 0.05) is 12.0 Å². The lowest BCUT2D eigenvalue weighted by atomic mass is 9.82. The molecule has 1 aliphatic carbocycles. The molecule has 8 nitrogen and oxygen atoms in total. The first-order valence-corrected chi connectivity index (χ1v) is 10.1. The molecule has 2 aromatic rings. The van der Waals surface area contributed by atoms with Gasteiger partial charge in [-0.1, -0.05) is 6.92 Å². The molecular weight excluding hydrogens is 384 g/mol. The van der Waals surface area contributed by atoms with Crippen molar-refractivity contribution in [2.24, 2.45) is 11.8 Å². The largest absolute Gasteiger partial charge is 0.511 e. The summed E-state index contributed by atoms with van der Waals surface area (Å²) in [5.74, 6) is 0.625. The first-order valence-electron chi connectivity index (χ1n) is 10.1. The molecule has 8 heteroatoms. The molecule has 1 aromatic carbocycles. The fourth-order valence-corrected chi connectivity index (χ4v) is 3.81. The molecule has 1 aliphatic rings.